The fourth-order valence-corrected chi connectivity index (χ4v) is 4.75. The number of pyridine rings is 1. The van der Waals surface area contributed by atoms with E-state index in [0.717, 1.165) is 85.3 Å². The Morgan fingerprint density at radius 1 is 0.939 bits per heavy atom. The third-order valence-electron chi connectivity index (χ3n) is 6.57. The molecule has 5 rings (SSSR count). The van der Waals surface area contributed by atoms with Crippen LogP contribution < -0.4 is 23.5 Å². The van der Waals surface area contributed by atoms with Crippen molar-refractivity contribution in [3.05, 3.63) is 42.1 Å². The lowest BCUT2D eigenvalue weighted by molar-refractivity contribution is -0.686. The predicted molar refractivity (Wildman–Crippen MR) is 126 cm³/mol. The number of aromatic nitrogens is 1. The van der Waals surface area contributed by atoms with Gasteiger partial charge in [0.1, 0.15) is 6.61 Å². The molecule has 0 bridgehead atoms. The van der Waals surface area contributed by atoms with Crippen molar-refractivity contribution in [2.45, 2.75) is 13.0 Å². The number of ether oxygens (including phenoxy) is 5. The summed E-state index contributed by atoms with van der Waals surface area (Å²) in [6.45, 7) is 5.85. The first kappa shape index (κ1) is 21.8. The molecule has 0 unspecified atom stereocenters. The van der Waals surface area contributed by atoms with Gasteiger partial charge >= 0.3 is 0 Å². The van der Waals surface area contributed by atoms with Gasteiger partial charge in [-0.1, -0.05) is 0 Å². The third-order valence-corrected chi connectivity index (χ3v) is 6.57. The number of fused-ring (bicyclic) bond motifs is 4. The topological polar surface area (TPSA) is 53.3 Å². The average molecular weight is 452 g/mol. The lowest BCUT2D eigenvalue weighted by Crippen LogP contribution is -2.40. The van der Waals surface area contributed by atoms with E-state index in [1.165, 1.54) is 11.1 Å². The van der Waals surface area contributed by atoms with Gasteiger partial charge in [0.25, 0.3) is 0 Å². The normalized spacial score (nSPS) is 15.6. The highest BCUT2D eigenvalue weighted by Crippen LogP contribution is 2.40. The maximum absolute atomic E-state index is 6.31. The lowest BCUT2D eigenvalue weighted by atomic mass is 9.95. The molecule has 0 saturated carbocycles. The van der Waals surface area contributed by atoms with Crippen molar-refractivity contribution in [1.29, 1.82) is 0 Å². The van der Waals surface area contributed by atoms with E-state index in [-0.39, 0.29) is 0 Å². The summed E-state index contributed by atoms with van der Waals surface area (Å²) in [6, 6.07) is 10.5. The van der Waals surface area contributed by atoms with Gasteiger partial charge in [0, 0.05) is 32.1 Å². The predicted octanol–water partition coefficient (Wildman–Crippen LogP) is 3.09. The number of hydrogen-bond donors (Lipinski definition) is 0. The first-order valence-electron chi connectivity index (χ1n) is 11.4. The first-order chi connectivity index (χ1) is 16.2. The van der Waals surface area contributed by atoms with E-state index < -0.39 is 0 Å². The summed E-state index contributed by atoms with van der Waals surface area (Å²) in [5.41, 5.74) is 3.60. The molecule has 1 saturated heterocycles. The monoisotopic (exact) mass is 451 g/mol. The molecule has 33 heavy (non-hydrogen) atoms. The summed E-state index contributed by atoms with van der Waals surface area (Å²) in [5, 5.41) is 2.18. The fourth-order valence-electron chi connectivity index (χ4n) is 4.75. The standard InChI is InChI=1S/C26H31N2O5/c1-29-23-5-4-18-14-22-20-16-25(31-3)24(30-2)15-19(20)6-7-28(22)17-21(18)26(23)33-13-10-27-8-11-32-12-9-27/h4-5,14-17H,6-13H2,1-3H3/q+1. The minimum atomic E-state index is 0.608. The van der Waals surface area contributed by atoms with Crippen LogP contribution in [0.25, 0.3) is 22.0 Å². The second-order valence-corrected chi connectivity index (χ2v) is 8.37. The maximum Gasteiger partial charge on any atom is 0.213 e. The number of methoxy groups -OCH3 is 3. The van der Waals surface area contributed by atoms with Gasteiger partial charge in [-0.15, -0.1) is 0 Å². The smallest absolute Gasteiger partial charge is 0.213 e. The fraction of sp³-hybridized carbons (Fsp3) is 0.423. The molecule has 0 radical (unpaired) electrons. The molecule has 174 valence electrons. The summed E-state index contributed by atoms with van der Waals surface area (Å²) in [7, 11) is 5.04. The van der Waals surface area contributed by atoms with Crippen molar-refractivity contribution >= 4 is 10.8 Å². The minimum absolute atomic E-state index is 0.608. The number of hydrogen-bond acceptors (Lipinski definition) is 6. The molecule has 0 atom stereocenters. The Labute approximate surface area is 194 Å². The van der Waals surface area contributed by atoms with Gasteiger partial charge in [-0.3, -0.25) is 4.90 Å². The van der Waals surface area contributed by atoms with Crippen LogP contribution in [0.3, 0.4) is 0 Å². The van der Waals surface area contributed by atoms with Gasteiger partial charge < -0.3 is 23.7 Å². The van der Waals surface area contributed by atoms with Gasteiger partial charge in [0.05, 0.1) is 45.5 Å². The summed E-state index contributed by atoms with van der Waals surface area (Å²) in [6.07, 6.45) is 3.12. The van der Waals surface area contributed by atoms with Gasteiger partial charge in [0.15, 0.2) is 35.7 Å². The van der Waals surface area contributed by atoms with E-state index in [4.69, 9.17) is 23.7 Å². The molecule has 7 nitrogen and oxygen atoms in total. The Balaban J connectivity index is 1.50. The number of nitrogens with zero attached hydrogens (tertiary/aromatic N) is 2. The highest BCUT2D eigenvalue weighted by Gasteiger charge is 2.27. The van der Waals surface area contributed by atoms with Gasteiger partial charge in [-0.05, 0) is 35.2 Å². The third kappa shape index (κ3) is 4.18. The zero-order chi connectivity index (χ0) is 22.8. The van der Waals surface area contributed by atoms with Crippen molar-refractivity contribution in [3.8, 4) is 34.3 Å². The van der Waals surface area contributed by atoms with Crippen LogP contribution >= 0.6 is 0 Å². The summed E-state index contributed by atoms with van der Waals surface area (Å²) in [4.78, 5) is 2.37. The van der Waals surface area contributed by atoms with E-state index in [1.807, 2.05) is 6.07 Å². The highest BCUT2D eigenvalue weighted by molar-refractivity contribution is 5.91. The van der Waals surface area contributed by atoms with Crippen LogP contribution in [0.4, 0.5) is 0 Å². The molecule has 0 aliphatic carbocycles. The molecule has 1 fully saturated rings. The van der Waals surface area contributed by atoms with Crippen molar-refractivity contribution in [2.24, 2.45) is 0 Å². The SMILES string of the molecule is COc1cc2c(cc1OC)-c1cc3ccc(OC)c(OCCN4CCOCC4)c3c[n+]1CC2. The molecule has 2 aromatic carbocycles. The van der Waals surface area contributed by atoms with Crippen LogP contribution in [0.1, 0.15) is 5.56 Å². The molecule has 3 aromatic rings. The number of aryl methyl sites for hydroxylation is 2. The van der Waals surface area contributed by atoms with E-state index in [2.05, 4.69) is 39.9 Å². The van der Waals surface area contributed by atoms with Crippen LogP contribution in [0.2, 0.25) is 0 Å². The Bertz CT molecular complexity index is 1160. The second-order valence-electron chi connectivity index (χ2n) is 8.37. The molecule has 0 amide bonds. The number of benzene rings is 2. The summed E-state index contributed by atoms with van der Waals surface area (Å²) < 4.78 is 30.8. The molecule has 2 aliphatic heterocycles. The minimum Gasteiger partial charge on any atom is -0.493 e. The molecule has 0 N–H and O–H groups in total. The molecule has 3 heterocycles. The lowest BCUT2D eigenvalue weighted by Gasteiger charge is -2.26. The molecule has 2 aliphatic rings. The molecular formula is C26H31N2O5+. The molecule has 7 heteroatoms. The van der Waals surface area contributed by atoms with Crippen molar-refractivity contribution in [3.63, 3.8) is 0 Å². The number of morpholine rings is 1. The molecule has 1 aromatic heterocycles. The van der Waals surface area contributed by atoms with Crippen molar-refractivity contribution < 1.29 is 28.3 Å². The number of rotatable bonds is 7. The van der Waals surface area contributed by atoms with Crippen LogP contribution in [0.5, 0.6) is 23.0 Å². The first-order valence-corrected chi connectivity index (χ1v) is 11.4. The molecular weight excluding hydrogens is 420 g/mol. The van der Waals surface area contributed by atoms with E-state index in [9.17, 15) is 0 Å². The quantitative estimate of drug-likeness (QED) is 0.515. The largest absolute Gasteiger partial charge is 0.493 e. The Hall–Kier alpha value is -3.03. The van der Waals surface area contributed by atoms with E-state index >= 15 is 0 Å². The van der Waals surface area contributed by atoms with Crippen LogP contribution in [0.15, 0.2) is 36.5 Å². The Morgan fingerprint density at radius 2 is 1.70 bits per heavy atom. The molecule has 0 spiro atoms. The summed E-state index contributed by atoms with van der Waals surface area (Å²) in [5.74, 6) is 3.07. The van der Waals surface area contributed by atoms with Crippen LogP contribution in [0, 0.1) is 0 Å². The van der Waals surface area contributed by atoms with E-state index in [0.29, 0.717) is 6.61 Å². The maximum atomic E-state index is 6.31. The highest BCUT2D eigenvalue weighted by atomic mass is 16.5. The van der Waals surface area contributed by atoms with Crippen molar-refractivity contribution in [2.75, 3.05) is 60.8 Å². The van der Waals surface area contributed by atoms with Crippen LogP contribution in [-0.2, 0) is 17.7 Å². The zero-order valence-corrected chi connectivity index (χ0v) is 19.6. The Kier molecular flexibility index (Phi) is 6.24. The van der Waals surface area contributed by atoms with Gasteiger partial charge in [0.2, 0.25) is 5.69 Å². The van der Waals surface area contributed by atoms with Crippen molar-refractivity contribution in [1.82, 2.24) is 4.90 Å². The second kappa shape index (κ2) is 9.45. The van der Waals surface area contributed by atoms with Crippen LogP contribution in [-0.4, -0.2) is 65.7 Å². The van der Waals surface area contributed by atoms with Gasteiger partial charge in [-0.25, -0.2) is 0 Å². The Morgan fingerprint density at radius 3 is 2.45 bits per heavy atom. The average Bonchev–Trinajstić information content (AvgIpc) is 2.87. The zero-order valence-electron chi connectivity index (χ0n) is 19.6. The van der Waals surface area contributed by atoms with Gasteiger partial charge in [-0.2, -0.15) is 4.57 Å². The van der Waals surface area contributed by atoms with E-state index in [1.54, 1.807) is 21.3 Å². The summed E-state index contributed by atoms with van der Waals surface area (Å²) >= 11 is 0.